The summed E-state index contributed by atoms with van der Waals surface area (Å²) in [5.74, 6) is 0. The molecule has 1 heterocycles. The van der Waals surface area contributed by atoms with Gasteiger partial charge < -0.3 is 10.2 Å². The van der Waals surface area contributed by atoms with Gasteiger partial charge in [-0.1, -0.05) is 24.3 Å². The average Bonchev–Trinajstić information content (AvgIpc) is 2.60. The van der Waals surface area contributed by atoms with Crippen LogP contribution in [0.5, 0.6) is 0 Å². The van der Waals surface area contributed by atoms with Crippen molar-refractivity contribution in [2.75, 3.05) is 6.54 Å². The molecule has 23 heavy (non-hydrogen) atoms. The standard InChI is InChI=1S/C18H18N4O/c1-2-10-22(14-16-7-5-6-15(11-16)12-19)18(23)21-13-17-8-3-4-9-20-17/h2-9,11H,1,10,13-14H2,(H,21,23). The fourth-order valence-corrected chi connectivity index (χ4v) is 2.12. The largest absolute Gasteiger partial charge is 0.332 e. The molecule has 2 rings (SSSR count). The Morgan fingerprint density at radius 3 is 2.91 bits per heavy atom. The number of nitrogens with zero attached hydrogens (tertiary/aromatic N) is 3. The first-order valence-corrected chi connectivity index (χ1v) is 7.25. The number of amides is 2. The van der Waals surface area contributed by atoms with Crippen molar-refractivity contribution in [1.82, 2.24) is 15.2 Å². The Balaban J connectivity index is 2.00. The third-order valence-electron chi connectivity index (χ3n) is 3.21. The lowest BCUT2D eigenvalue weighted by atomic mass is 10.1. The summed E-state index contributed by atoms with van der Waals surface area (Å²) in [5, 5.41) is 11.8. The highest BCUT2D eigenvalue weighted by molar-refractivity contribution is 5.74. The minimum Gasteiger partial charge on any atom is -0.332 e. The van der Waals surface area contributed by atoms with E-state index in [0.29, 0.717) is 25.2 Å². The number of aromatic nitrogens is 1. The third kappa shape index (κ3) is 4.97. The summed E-state index contributed by atoms with van der Waals surface area (Å²) in [5.41, 5.74) is 2.28. The number of carbonyl (C=O) groups excluding carboxylic acids is 1. The van der Waals surface area contributed by atoms with E-state index in [1.807, 2.05) is 30.3 Å². The van der Waals surface area contributed by atoms with Crippen LogP contribution in [-0.2, 0) is 13.1 Å². The van der Waals surface area contributed by atoms with Crippen LogP contribution >= 0.6 is 0 Å². The van der Waals surface area contributed by atoms with E-state index in [0.717, 1.165) is 11.3 Å². The van der Waals surface area contributed by atoms with E-state index in [1.54, 1.807) is 29.3 Å². The molecule has 0 radical (unpaired) electrons. The van der Waals surface area contributed by atoms with E-state index >= 15 is 0 Å². The molecule has 1 aromatic heterocycles. The van der Waals surface area contributed by atoms with Crippen LogP contribution < -0.4 is 5.32 Å². The SMILES string of the molecule is C=CCN(Cc1cccc(C#N)c1)C(=O)NCc1ccccn1. The number of pyridine rings is 1. The number of carbonyl (C=O) groups is 1. The zero-order valence-electron chi connectivity index (χ0n) is 12.8. The maximum atomic E-state index is 12.3. The summed E-state index contributed by atoms with van der Waals surface area (Å²) in [4.78, 5) is 18.1. The first kappa shape index (κ1) is 16.2. The monoisotopic (exact) mass is 306 g/mol. The Kier molecular flexibility index (Phi) is 5.89. The first-order valence-electron chi connectivity index (χ1n) is 7.25. The molecule has 0 bridgehead atoms. The Bertz CT molecular complexity index is 706. The van der Waals surface area contributed by atoms with E-state index in [9.17, 15) is 4.79 Å². The van der Waals surface area contributed by atoms with Gasteiger partial charge in [0.05, 0.1) is 23.9 Å². The minimum absolute atomic E-state index is 0.196. The normalized spacial score (nSPS) is 9.70. The summed E-state index contributed by atoms with van der Waals surface area (Å²) in [6.07, 6.45) is 3.37. The van der Waals surface area contributed by atoms with Crippen molar-refractivity contribution in [3.63, 3.8) is 0 Å². The molecule has 1 aromatic carbocycles. The van der Waals surface area contributed by atoms with Gasteiger partial charge in [-0.3, -0.25) is 4.98 Å². The molecular weight excluding hydrogens is 288 g/mol. The quantitative estimate of drug-likeness (QED) is 0.834. The number of urea groups is 1. The molecule has 5 heteroatoms. The Morgan fingerprint density at radius 1 is 1.35 bits per heavy atom. The van der Waals surface area contributed by atoms with Crippen LogP contribution in [0.4, 0.5) is 4.79 Å². The number of nitrogens with one attached hydrogen (secondary N) is 1. The first-order chi connectivity index (χ1) is 11.2. The smallest absolute Gasteiger partial charge is 0.318 e. The highest BCUT2D eigenvalue weighted by Crippen LogP contribution is 2.08. The van der Waals surface area contributed by atoms with Gasteiger partial charge in [0.15, 0.2) is 0 Å². The highest BCUT2D eigenvalue weighted by Gasteiger charge is 2.12. The van der Waals surface area contributed by atoms with Crippen LogP contribution in [0.2, 0.25) is 0 Å². The van der Waals surface area contributed by atoms with Crippen LogP contribution in [0, 0.1) is 11.3 Å². The van der Waals surface area contributed by atoms with E-state index < -0.39 is 0 Å². The second-order valence-electron chi connectivity index (χ2n) is 4.96. The van der Waals surface area contributed by atoms with Gasteiger partial charge in [-0.2, -0.15) is 5.26 Å². The lowest BCUT2D eigenvalue weighted by Crippen LogP contribution is -2.39. The second kappa shape index (κ2) is 8.35. The van der Waals surface area contributed by atoms with Crippen molar-refractivity contribution in [2.24, 2.45) is 0 Å². The maximum absolute atomic E-state index is 12.3. The van der Waals surface area contributed by atoms with Crippen LogP contribution in [-0.4, -0.2) is 22.5 Å². The molecule has 0 aliphatic rings. The summed E-state index contributed by atoms with van der Waals surface area (Å²) < 4.78 is 0. The molecule has 0 saturated heterocycles. The van der Waals surface area contributed by atoms with Gasteiger partial charge in [0.25, 0.3) is 0 Å². The molecule has 0 unspecified atom stereocenters. The van der Waals surface area contributed by atoms with Crippen molar-refractivity contribution >= 4 is 6.03 Å². The number of benzene rings is 1. The second-order valence-corrected chi connectivity index (χ2v) is 4.96. The lowest BCUT2D eigenvalue weighted by Gasteiger charge is -2.21. The molecule has 1 N–H and O–H groups in total. The van der Waals surface area contributed by atoms with Gasteiger partial charge in [-0.05, 0) is 29.8 Å². The van der Waals surface area contributed by atoms with E-state index in [4.69, 9.17) is 5.26 Å². The molecule has 2 amide bonds. The van der Waals surface area contributed by atoms with Gasteiger partial charge >= 0.3 is 6.03 Å². The van der Waals surface area contributed by atoms with E-state index in [-0.39, 0.29) is 6.03 Å². The number of hydrogen-bond acceptors (Lipinski definition) is 3. The van der Waals surface area contributed by atoms with Gasteiger partial charge in [-0.25, -0.2) is 4.79 Å². The lowest BCUT2D eigenvalue weighted by molar-refractivity contribution is 0.200. The molecule has 0 fully saturated rings. The molecule has 0 atom stereocenters. The van der Waals surface area contributed by atoms with Crippen LogP contribution in [0.25, 0.3) is 0 Å². The van der Waals surface area contributed by atoms with E-state index in [2.05, 4.69) is 22.9 Å². The molecule has 116 valence electrons. The molecule has 2 aromatic rings. The van der Waals surface area contributed by atoms with Gasteiger partial charge in [0.1, 0.15) is 0 Å². The summed E-state index contributed by atoms with van der Waals surface area (Å²) in [6, 6.07) is 14.7. The average molecular weight is 306 g/mol. The Hall–Kier alpha value is -3.13. The third-order valence-corrected chi connectivity index (χ3v) is 3.21. The van der Waals surface area contributed by atoms with Crippen molar-refractivity contribution in [3.05, 3.63) is 78.1 Å². The molecule has 0 aliphatic carbocycles. The van der Waals surface area contributed by atoms with Crippen LogP contribution in [0.3, 0.4) is 0 Å². The van der Waals surface area contributed by atoms with Crippen molar-refractivity contribution in [2.45, 2.75) is 13.1 Å². The molecule has 0 spiro atoms. The number of hydrogen-bond donors (Lipinski definition) is 1. The van der Waals surface area contributed by atoms with Crippen LogP contribution in [0.15, 0.2) is 61.3 Å². The number of rotatable bonds is 6. The highest BCUT2D eigenvalue weighted by atomic mass is 16.2. The summed E-state index contributed by atoms with van der Waals surface area (Å²) in [6.45, 7) is 4.89. The summed E-state index contributed by atoms with van der Waals surface area (Å²) >= 11 is 0. The molecular formula is C18H18N4O. The fourth-order valence-electron chi connectivity index (χ4n) is 2.12. The van der Waals surface area contributed by atoms with Crippen molar-refractivity contribution in [1.29, 1.82) is 5.26 Å². The fraction of sp³-hybridized carbons (Fsp3) is 0.167. The van der Waals surface area contributed by atoms with Crippen molar-refractivity contribution in [3.8, 4) is 6.07 Å². The van der Waals surface area contributed by atoms with Crippen molar-refractivity contribution < 1.29 is 4.79 Å². The van der Waals surface area contributed by atoms with Gasteiger partial charge in [-0.15, -0.1) is 6.58 Å². The molecule has 0 saturated carbocycles. The van der Waals surface area contributed by atoms with E-state index in [1.165, 1.54) is 0 Å². The van der Waals surface area contributed by atoms with Crippen LogP contribution in [0.1, 0.15) is 16.8 Å². The number of nitriles is 1. The summed E-state index contributed by atoms with van der Waals surface area (Å²) in [7, 11) is 0. The predicted molar refractivity (Wildman–Crippen MR) is 88.2 cm³/mol. The zero-order chi connectivity index (χ0) is 16.5. The zero-order valence-corrected chi connectivity index (χ0v) is 12.8. The Labute approximate surface area is 135 Å². The molecule has 0 aliphatic heterocycles. The minimum atomic E-state index is -0.196. The topological polar surface area (TPSA) is 69.0 Å². The van der Waals surface area contributed by atoms with Gasteiger partial charge in [0, 0.05) is 19.3 Å². The van der Waals surface area contributed by atoms with Gasteiger partial charge in [0.2, 0.25) is 0 Å². The Morgan fingerprint density at radius 2 is 2.22 bits per heavy atom. The predicted octanol–water partition coefficient (Wildman–Crippen LogP) is 2.85. The molecule has 5 nitrogen and oxygen atoms in total. The maximum Gasteiger partial charge on any atom is 0.318 e.